The molecule has 0 aliphatic carbocycles. The molecule has 0 unspecified atom stereocenters. The van der Waals surface area contributed by atoms with Crippen molar-refractivity contribution in [2.45, 2.75) is 189 Å². The number of fused-ring (bicyclic) bond motifs is 16. The van der Waals surface area contributed by atoms with E-state index in [1.807, 2.05) is 0 Å². The average Bonchev–Trinajstić information content (AvgIpc) is 1.60. The molecule has 0 radical (unpaired) electrons. The van der Waals surface area contributed by atoms with Gasteiger partial charge in [0.15, 0.2) is 6.29 Å². The van der Waals surface area contributed by atoms with Gasteiger partial charge in [0, 0.05) is 55.3 Å². The third kappa shape index (κ3) is 11.0. The highest BCUT2D eigenvalue weighted by atomic mass is 16.7. The second-order valence-corrected chi connectivity index (χ2v) is 28.9. The zero-order chi connectivity index (χ0) is 69.8. The van der Waals surface area contributed by atoms with Crippen molar-refractivity contribution < 1.29 is 9.47 Å². The van der Waals surface area contributed by atoms with E-state index >= 15 is 0 Å². The maximum atomic E-state index is 6.64. The lowest BCUT2D eigenvalue weighted by Crippen LogP contribution is -2.33. The van der Waals surface area contributed by atoms with Crippen molar-refractivity contribution in [1.82, 2.24) is 39.9 Å². The highest BCUT2D eigenvalue weighted by Crippen LogP contribution is 2.51. The smallest absolute Gasteiger partial charge is 0.184 e. The van der Waals surface area contributed by atoms with E-state index in [4.69, 9.17) is 29.4 Å². The van der Waals surface area contributed by atoms with Crippen LogP contribution in [0, 0.1) is 40.0 Å². The molecule has 0 spiro atoms. The summed E-state index contributed by atoms with van der Waals surface area (Å²) in [5.41, 5.74) is 46.5. The van der Waals surface area contributed by atoms with Crippen LogP contribution in [-0.2, 0) is 35.2 Å². The monoisotopic (exact) mass is 1310 g/mol. The molecular formula is C89H98N8O2. The number of aryl methyl sites for hydroxylation is 9. The molecule has 506 valence electrons. The number of aromatic amines is 4. The molecule has 16 bridgehead atoms. The zero-order valence-electron chi connectivity index (χ0n) is 62.0. The summed E-state index contributed by atoms with van der Waals surface area (Å²) in [6.07, 6.45) is 5.99. The third-order valence-corrected chi connectivity index (χ3v) is 22.5. The van der Waals surface area contributed by atoms with Crippen LogP contribution in [0.4, 0.5) is 0 Å². The molecule has 10 nitrogen and oxygen atoms in total. The SMILES string of the molecule is CCC1=C(C)c2nc1cc1[nH]c(c(C)c1CC)c(-c1ccccc1-c1c3nc(cc4[nH]c(c(C)c4CC)c(-c4ccccc4C4OCC(C)(C)CO4)c4nc(cc5[nH]c1c(C)c5CC)C(CC)=C4C)C(CC)=C3C)c1nc(cc3[nH]c(c(C)c3CC)c2-c2ccc(C)cc2)C(CC)=C1C. The van der Waals surface area contributed by atoms with Crippen LogP contribution in [0.25, 0.3) is 133 Å². The maximum absolute atomic E-state index is 6.64. The largest absolute Gasteiger partial charge is 0.354 e. The number of aromatic nitrogens is 8. The van der Waals surface area contributed by atoms with E-state index in [1.165, 1.54) is 83.5 Å². The highest BCUT2D eigenvalue weighted by molar-refractivity contribution is 6.10. The molecule has 10 heteroatoms. The third-order valence-electron chi connectivity index (χ3n) is 22.5. The Morgan fingerprint density at radius 1 is 0.364 bits per heavy atom. The molecule has 3 aromatic carbocycles. The Morgan fingerprint density at radius 3 is 0.980 bits per heavy atom. The first-order chi connectivity index (χ1) is 47.7. The van der Waals surface area contributed by atoms with E-state index in [2.05, 4.69) is 249 Å². The topological polar surface area (TPSA) is 133 Å². The molecule has 0 saturated carbocycles. The number of hydrogen-bond donors (Lipinski definition) is 4. The van der Waals surface area contributed by atoms with Gasteiger partial charge in [-0.15, -0.1) is 0 Å². The summed E-state index contributed by atoms with van der Waals surface area (Å²) in [5.74, 6) is 0. The Hall–Kier alpha value is -9.22. The van der Waals surface area contributed by atoms with Gasteiger partial charge in [0.2, 0.25) is 0 Å². The Bertz CT molecular complexity index is 5360. The van der Waals surface area contributed by atoms with Gasteiger partial charge >= 0.3 is 0 Å². The van der Waals surface area contributed by atoms with Crippen LogP contribution in [0.5, 0.6) is 0 Å². The number of ether oxygens (including phenoxy) is 2. The summed E-state index contributed by atoms with van der Waals surface area (Å²) in [6.45, 7) is 44.3. The van der Waals surface area contributed by atoms with Crippen LogP contribution in [0.3, 0.4) is 0 Å². The van der Waals surface area contributed by atoms with Gasteiger partial charge in [0.25, 0.3) is 0 Å². The van der Waals surface area contributed by atoms with E-state index < -0.39 is 6.29 Å². The fourth-order valence-electron chi connectivity index (χ4n) is 17.1. The minimum atomic E-state index is -0.532. The number of H-pyrrole nitrogens is 4. The van der Waals surface area contributed by atoms with Crippen molar-refractivity contribution in [2.24, 2.45) is 5.41 Å². The van der Waals surface area contributed by atoms with Crippen LogP contribution in [0.15, 0.2) is 97.1 Å². The van der Waals surface area contributed by atoms with E-state index in [1.54, 1.807) is 0 Å². The van der Waals surface area contributed by atoms with E-state index in [-0.39, 0.29) is 5.41 Å². The molecule has 4 N–H and O–H groups in total. The number of nitrogens with one attached hydrogen (secondary N) is 4. The maximum Gasteiger partial charge on any atom is 0.184 e. The number of allylic oxidation sites excluding steroid dienone is 8. The lowest BCUT2D eigenvalue weighted by Gasteiger charge is -2.35. The van der Waals surface area contributed by atoms with Crippen LogP contribution >= 0.6 is 0 Å². The van der Waals surface area contributed by atoms with E-state index in [0.29, 0.717) is 13.2 Å². The van der Waals surface area contributed by atoms with Crippen molar-refractivity contribution >= 4 is 88.7 Å². The van der Waals surface area contributed by atoms with Crippen molar-refractivity contribution in [3.05, 3.63) is 198 Å². The second kappa shape index (κ2) is 26.1. The zero-order valence-corrected chi connectivity index (χ0v) is 62.0. The molecule has 1 fully saturated rings. The lowest BCUT2D eigenvalue weighted by molar-refractivity contribution is -0.226. The summed E-state index contributed by atoms with van der Waals surface area (Å²) < 4.78 is 13.3. The minimum Gasteiger partial charge on any atom is -0.354 e. The molecule has 6 aromatic heterocycles. The minimum absolute atomic E-state index is 0.0907. The van der Waals surface area contributed by atoms with Gasteiger partial charge in [-0.3, -0.25) is 0 Å². The molecule has 5 aliphatic heterocycles. The van der Waals surface area contributed by atoms with Gasteiger partial charge in [0.05, 0.1) is 80.8 Å². The molecular weight excluding hydrogens is 1210 g/mol. The van der Waals surface area contributed by atoms with Gasteiger partial charge in [-0.1, -0.05) is 148 Å². The van der Waals surface area contributed by atoms with Crippen molar-refractivity contribution in [3.63, 3.8) is 0 Å². The summed E-state index contributed by atoms with van der Waals surface area (Å²) in [7, 11) is 0. The second-order valence-electron chi connectivity index (χ2n) is 28.9. The predicted octanol–water partition coefficient (Wildman–Crippen LogP) is 23.8. The van der Waals surface area contributed by atoms with Crippen LogP contribution in [-0.4, -0.2) is 53.1 Å². The fraction of sp³-hybridized carbons (Fsp3) is 0.348. The number of hydrogen-bond acceptors (Lipinski definition) is 6. The van der Waals surface area contributed by atoms with Crippen molar-refractivity contribution in [3.8, 4) is 44.5 Å². The molecule has 0 amide bonds. The van der Waals surface area contributed by atoms with E-state index in [9.17, 15) is 0 Å². The van der Waals surface area contributed by atoms with Gasteiger partial charge in [-0.2, -0.15) is 0 Å². The van der Waals surface area contributed by atoms with Crippen LogP contribution in [0.2, 0.25) is 0 Å². The molecule has 14 rings (SSSR count). The van der Waals surface area contributed by atoms with E-state index in [0.717, 1.165) is 202 Å². The first kappa shape index (κ1) is 67.0. The molecule has 9 aromatic rings. The molecule has 1 saturated heterocycles. The van der Waals surface area contributed by atoms with Crippen molar-refractivity contribution in [2.75, 3.05) is 13.2 Å². The summed E-state index contributed by atoms with van der Waals surface area (Å²) in [6, 6.07) is 36.1. The standard InChI is InChI=1S/C89H98N8O2/c1-20-56-47(10)80-76(55-38-36-46(9)37-39-55)81-48(11)57(21-2)69(91-81)41-71-59(23-4)50(13)83(93-71)77(82-49(12)58(22-3)70(92-82)40-68(56)90-80)64-32-28-29-33-65(64)78-84-51(14)60(24-5)72(94-84)42-74-62(26-7)53(16)86(96-74)79(66-34-30-31-35-67(66)88-98-44-89(18,19)45-99-88)87-54(17)63(27-8)75(97-87)43-73-61(25-6)52(15)85(78)95-73/h28-43,88,90,93-94,97H,20-27,44-45H2,1-19H3. The quantitative estimate of drug-likeness (QED) is 0.0909. The number of benzene rings is 3. The fourth-order valence-corrected chi connectivity index (χ4v) is 17.1. The van der Waals surface area contributed by atoms with Gasteiger partial charge in [-0.25, -0.2) is 19.9 Å². The number of rotatable bonds is 13. The Labute approximate surface area is 585 Å². The van der Waals surface area contributed by atoms with Gasteiger partial charge in [0.1, 0.15) is 0 Å². The molecule has 11 heterocycles. The first-order valence-electron chi connectivity index (χ1n) is 36.6. The summed E-state index contributed by atoms with van der Waals surface area (Å²) in [4.78, 5) is 40.3. The average molecular weight is 1310 g/mol. The summed E-state index contributed by atoms with van der Waals surface area (Å²) in [5, 5.41) is 0. The summed E-state index contributed by atoms with van der Waals surface area (Å²) >= 11 is 0. The number of nitrogens with zero attached hydrogens (tertiary/aromatic N) is 4. The normalized spacial score (nSPS) is 15.1. The Morgan fingerprint density at radius 2 is 0.657 bits per heavy atom. The van der Waals surface area contributed by atoms with Crippen LogP contribution in [0.1, 0.15) is 230 Å². The van der Waals surface area contributed by atoms with Crippen molar-refractivity contribution in [1.29, 1.82) is 0 Å². The Balaban J connectivity index is 1.13. The Kier molecular flexibility index (Phi) is 17.7. The van der Waals surface area contributed by atoms with Crippen LogP contribution < -0.4 is 0 Å². The lowest BCUT2D eigenvalue weighted by atomic mass is 9.88. The first-order valence-corrected chi connectivity index (χ1v) is 36.6. The van der Waals surface area contributed by atoms with Gasteiger partial charge < -0.3 is 29.4 Å². The predicted molar refractivity (Wildman–Crippen MR) is 418 cm³/mol. The molecule has 5 aliphatic rings. The molecule has 99 heavy (non-hydrogen) atoms. The van der Waals surface area contributed by atoms with Gasteiger partial charge in [-0.05, 0) is 249 Å². The highest BCUT2D eigenvalue weighted by Gasteiger charge is 2.34. The molecule has 0 atom stereocenters.